The Morgan fingerprint density at radius 1 is 1.38 bits per heavy atom. The fourth-order valence-corrected chi connectivity index (χ4v) is 1.93. The van der Waals surface area contributed by atoms with Crippen LogP contribution in [0.1, 0.15) is 26.7 Å². The van der Waals surface area contributed by atoms with Crippen LogP contribution in [0, 0.1) is 11.8 Å². The number of hydrogen-bond donors (Lipinski definition) is 2. The number of carboxylic acids is 1. The van der Waals surface area contributed by atoms with E-state index in [-0.39, 0.29) is 11.8 Å². The fraction of sp³-hybridized carbons (Fsp3) is 0.818. The zero-order valence-electron chi connectivity index (χ0n) is 9.95. The summed E-state index contributed by atoms with van der Waals surface area (Å²) < 4.78 is 4.98. The molecule has 2 N–H and O–H groups in total. The Kier molecular flexibility index (Phi) is 3.91. The monoisotopic (exact) mass is 229 g/mol. The summed E-state index contributed by atoms with van der Waals surface area (Å²) >= 11 is 0. The van der Waals surface area contributed by atoms with Crippen LogP contribution in [0.25, 0.3) is 0 Å². The standard InChI is InChI=1S/C11H19NO4/c1-11(2,6-16-3)12-9(13)7-4-5-8(7)10(14)15/h7-8H,4-6H2,1-3H3,(H,12,13)(H,14,15). The maximum atomic E-state index is 11.8. The number of nitrogens with one attached hydrogen (secondary N) is 1. The molecule has 1 fully saturated rings. The number of ether oxygens (including phenoxy) is 1. The lowest BCUT2D eigenvalue weighted by atomic mass is 9.73. The summed E-state index contributed by atoms with van der Waals surface area (Å²) in [6, 6.07) is 0. The molecular weight excluding hydrogens is 210 g/mol. The Hall–Kier alpha value is -1.10. The molecule has 16 heavy (non-hydrogen) atoms. The van der Waals surface area contributed by atoms with E-state index < -0.39 is 17.4 Å². The van der Waals surface area contributed by atoms with Crippen molar-refractivity contribution < 1.29 is 19.4 Å². The molecule has 0 bridgehead atoms. The van der Waals surface area contributed by atoms with E-state index in [2.05, 4.69) is 5.32 Å². The van der Waals surface area contributed by atoms with Crippen LogP contribution in [0.3, 0.4) is 0 Å². The summed E-state index contributed by atoms with van der Waals surface area (Å²) in [6.07, 6.45) is 1.25. The third-order valence-electron chi connectivity index (χ3n) is 2.90. The second-order valence-corrected chi connectivity index (χ2v) is 4.93. The van der Waals surface area contributed by atoms with Crippen LogP contribution < -0.4 is 5.32 Å². The van der Waals surface area contributed by atoms with E-state index >= 15 is 0 Å². The Bertz CT molecular complexity index is 288. The summed E-state index contributed by atoms with van der Waals surface area (Å²) in [6.45, 7) is 4.11. The van der Waals surface area contributed by atoms with Gasteiger partial charge in [-0.25, -0.2) is 0 Å². The lowest BCUT2D eigenvalue weighted by Gasteiger charge is -2.35. The zero-order chi connectivity index (χ0) is 12.3. The largest absolute Gasteiger partial charge is 0.481 e. The third kappa shape index (κ3) is 2.95. The number of aliphatic carboxylic acids is 1. The van der Waals surface area contributed by atoms with Gasteiger partial charge in [0.1, 0.15) is 0 Å². The Balaban J connectivity index is 2.50. The Morgan fingerprint density at radius 3 is 2.31 bits per heavy atom. The molecule has 1 saturated carbocycles. The van der Waals surface area contributed by atoms with Crippen molar-refractivity contribution in [2.24, 2.45) is 11.8 Å². The molecule has 1 amide bonds. The second-order valence-electron chi connectivity index (χ2n) is 4.93. The quantitative estimate of drug-likeness (QED) is 0.725. The van der Waals surface area contributed by atoms with Gasteiger partial charge in [0, 0.05) is 7.11 Å². The lowest BCUT2D eigenvalue weighted by molar-refractivity contribution is -0.153. The molecular formula is C11H19NO4. The molecule has 0 heterocycles. The van der Waals surface area contributed by atoms with Crippen molar-refractivity contribution in [1.82, 2.24) is 5.32 Å². The summed E-state index contributed by atoms with van der Waals surface area (Å²) in [5.41, 5.74) is -0.454. The van der Waals surface area contributed by atoms with Crippen molar-refractivity contribution >= 4 is 11.9 Å². The van der Waals surface area contributed by atoms with Crippen molar-refractivity contribution in [2.45, 2.75) is 32.2 Å². The zero-order valence-corrected chi connectivity index (χ0v) is 9.95. The normalized spacial score (nSPS) is 24.7. The van der Waals surface area contributed by atoms with E-state index in [0.717, 1.165) is 0 Å². The van der Waals surface area contributed by atoms with Crippen molar-refractivity contribution in [3.63, 3.8) is 0 Å². The number of carbonyl (C=O) groups excluding carboxylic acids is 1. The number of methoxy groups -OCH3 is 1. The van der Waals surface area contributed by atoms with Gasteiger partial charge in [0.05, 0.1) is 24.0 Å². The van der Waals surface area contributed by atoms with Gasteiger partial charge in [-0.3, -0.25) is 9.59 Å². The molecule has 2 unspecified atom stereocenters. The van der Waals surface area contributed by atoms with E-state index in [1.54, 1.807) is 7.11 Å². The number of carboxylic acid groups (broad SMARTS) is 1. The lowest BCUT2D eigenvalue weighted by Crippen LogP contribution is -2.53. The molecule has 0 aromatic carbocycles. The molecule has 0 aliphatic heterocycles. The summed E-state index contributed by atoms with van der Waals surface area (Å²) in [5.74, 6) is -1.95. The summed E-state index contributed by atoms with van der Waals surface area (Å²) in [7, 11) is 1.57. The van der Waals surface area contributed by atoms with E-state index in [1.807, 2.05) is 13.8 Å². The van der Waals surface area contributed by atoms with Gasteiger partial charge in [-0.05, 0) is 26.7 Å². The topological polar surface area (TPSA) is 75.6 Å². The first-order chi connectivity index (χ1) is 7.37. The van der Waals surface area contributed by atoms with Gasteiger partial charge in [-0.2, -0.15) is 0 Å². The maximum Gasteiger partial charge on any atom is 0.307 e. The van der Waals surface area contributed by atoms with Crippen LogP contribution >= 0.6 is 0 Å². The van der Waals surface area contributed by atoms with Crippen LogP contribution in [-0.4, -0.2) is 36.2 Å². The SMILES string of the molecule is COCC(C)(C)NC(=O)C1CCC1C(=O)O. The molecule has 1 aliphatic carbocycles. The molecule has 0 aromatic rings. The first kappa shape index (κ1) is 13.0. The van der Waals surface area contributed by atoms with E-state index in [1.165, 1.54) is 0 Å². The van der Waals surface area contributed by atoms with Gasteiger partial charge >= 0.3 is 5.97 Å². The molecule has 1 rings (SSSR count). The van der Waals surface area contributed by atoms with Crippen LogP contribution in [0.4, 0.5) is 0 Å². The van der Waals surface area contributed by atoms with Crippen LogP contribution in [0.15, 0.2) is 0 Å². The maximum absolute atomic E-state index is 11.8. The minimum atomic E-state index is -0.879. The number of rotatable bonds is 5. The summed E-state index contributed by atoms with van der Waals surface area (Å²) in [4.78, 5) is 22.6. The highest BCUT2D eigenvalue weighted by molar-refractivity contribution is 5.86. The molecule has 0 spiro atoms. The fourth-order valence-electron chi connectivity index (χ4n) is 1.93. The van der Waals surface area contributed by atoms with Gasteiger partial charge in [-0.15, -0.1) is 0 Å². The van der Waals surface area contributed by atoms with E-state index in [0.29, 0.717) is 19.4 Å². The Labute approximate surface area is 95.2 Å². The smallest absolute Gasteiger partial charge is 0.307 e. The molecule has 0 aromatic heterocycles. The number of hydrogen-bond acceptors (Lipinski definition) is 3. The highest BCUT2D eigenvalue weighted by Crippen LogP contribution is 2.34. The van der Waals surface area contributed by atoms with Crippen molar-refractivity contribution in [3.05, 3.63) is 0 Å². The molecule has 1 aliphatic rings. The first-order valence-corrected chi connectivity index (χ1v) is 5.41. The minimum absolute atomic E-state index is 0.180. The van der Waals surface area contributed by atoms with Crippen molar-refractivity contribution in [1.29, 1.82) is 0 Å². The van der Waals surface area contributed by atoms with Gasteiger partial charge in [0.25, 0.3) is 0 Å². The van der Waals surface area contributed by atoms with Crippen molar-refractivity contribution in [3.8, 4) is 0 Å². The van der Waals surface area contributed by atoms with Crippen LogP contribution in [-0.2, 0) is 14.3 Å². The average molecular weight is 229 g/mol. The predicted octanol–water partition coefficient (Wildman–Crippen LogP) is 0.638. The predicted molar refractivity (Wildman–Crippen MR) is 57.9 cm³/mol. The molecule has 92 valence electrons. The van der Waals surface area contributed by atoms with Gasteiger partial charge in [0.2, 0.25) is 5.91 Å². The number of amides is 1. The highest BCUT2D eigenvalue weighted by atomic mass is 16.5. The molecule has 0 saturated heterocycles. The van der Waals surface area contributed by atoms with Crippen molar-refractivity contribution in [2.75, 3.05) is 13.7 Å². The van der Waals surface area contributed by atoms with Gasteiger partial charge < -0.3 is 15.2 Å². The van der Waals surface area contributed by atoms with E-state index in [9.17, 15) is 9.59 Å². The molecule has 5 heteroatoms. The second kappa shape index (κ2) is 4.82. The Morgan fingerprint density at radius 2 is 1.94 bits per heavy atom. The van der Waals surface area contributed by atoms with Crippen LogP contribution in [0.2, 0.25) is 0 Å². The van der Waals surface area contributed by atoms with Gasteiger partial charge in [0.15, 0.2) is 0 Å². The average Bonchev–Trinajstić information content (AvgIpc) is 1.97. The highest BCUT2D eigenvalue weighted by Gasteiger charge is 2.42. The molecule has 2 atom stereocenters. The van der Waals surface area contributed by atoms with Gasteiger partial charge in [-0.1, -0.05) is 0 Å². The minimum Gasteiger partial charge on any atom is -0.481 e. The summed E-state index contributed by atoms with van der Waals surface area (Å²) in [5, 5.41) is 11.7. The third-order valence-corrected chi connectivity index (χ3v) is 2.90. The number of carbonyl (C=O) groups is 2. The van der Waals surface area contributed by atoms with E-state index in [4.69, 9.17) is 9.84 Å². The van der Waals surface area contributed by atoms with Crippen LogP contribution in [0.5, 0.6) is 0 Å². The molecule has 5 nitrogen and oxygen atoms in total. The molecule has 0 radical (unpaired) electrons. The first-order valence-electron chi connectivity index (χ1n) is 5.41.